The molecule has 0 aliphatic heterocycles. The highest BCUT2D eigenvalue weighted by Gasteiger charge is 2.26. The van der Waals surface area contributed by atoms with E-state index in [1.165, 1.54) is 18.5 Å². The molecule has 1 aliphatic carbocycles. The van der Waals surface area contributed by atoms with Gasteiger partial charge in [-0.2, -0.15) is 5.10 Å². The van der Waals surface area contributed by atoms with Crippen LogP contribution in [-0.2, 0) is 0 Å². The molecule has 2 aromatic heterocycles. The van der Waals surface area contributed by atoms with Crippen LogP contribution >= 0.6 is 27.3 Å². The smallest absolute Gasteiger partial charge is 0.211 e. The van der Waals surface area contributed by atoms with E-state index < -0.39 is 0 Å². The largest absolute Gasteiger partial charge is 0.213 e. The number of halogens is 1. The standard InChI is InChI=1S/C9H8BrN3S/c10-8-5-14-9(11-8)13-4-3-7(12-13)6-1-2-6/h3-6H,1-2H2. The molecule has 1 saturated carbocycles. The Morgan fingerprint density at radius 2 is 2.36 bits per heavy atom. The van der Waals surface area contributed by atoms with Gasteiger partial charge in [-0.3, -0.25) is 0 Å². The van der Waals surface area contributed by atoms with Crippen LogP contribution in [0.25, 0.3) is 5.13 Å². The lowest BCUT2D eigenvalue weighted by Crippen LogP contribution is -1.94. The summed E-state index contributed by atoms with van der Waals surface area (Å²) in [6.45, 7) is 0. The molecule has 72 valence electrons. The van der Waals surface area contributed by atoms with E-state index in [2.05, 4.69) is 32.1 Å². The maximum absolute atomic E-state index is 4.50. The summed E-state index contributed by atoms with van der Waals surface area (Å²) >= 11 is 4.93. The lowest BCUT2D eigenvalue weighted by Gasteiger charge is -1.92. The van der Waals surface area contributed by atoms with Crippen molar-refractivity contribution >= 4 is 27.3 Å². The highest BCUT2D eigenvalue weighted by Crippen LogP contribution is 2.39. The number of hydrogen-bond donors (Lipinski definition) is 0. The van der Waals surface area contributed by atoms with Gasteiger partial charge in [0.1, 0.15) is 4.60 Å². The van der Waals surface area contributed by atoms with E-state index in [1.807, 2.05) is 16.3 Å². The van der Waals surface area contributed by atoms with Gasteiger partial charge in [-0.25, -0.2) is 9.67 Å². The van der Waals surface area contributed by atoms with Crippen LogP contribution in [-0.4, -0.2) is 14.8 Å². The summed E-state index contributed by atoms with van der Waals surface area (Å²) in [5.41, 5.74) is 1.20. The van der Waals surface area contributed by atoms with Crippen molar-refractivity contribution in [1.82, 2.24) is 14.8 Å². The van der Waals surface area contributed by atoms with Crippen LogP contribution in [0.3, 0.4) is 0 Å². The van der Waals surface area contributed by atoms with Crippen LogP contribution in [0.1, 0.15) is 24.5 Å². The van der Waals surface area contributed by atoms with E-state index >= 15 is 0 Å². The average Bonchev–Trinajstić information content (AvgIpc) is 2.76. The quantitative estimate of drug-likeness (QED) is 0.840. The second-order valence-corrected chi connectivity index (χ2v) is 5.06. The van der Waals surface area contributed by atoms with E-state index in [1.54, 1.807) is 11.3 Å². The number of thiazole rings is 1. The molecule has 2 heterocycles. The molecule has 1 fully saturated rings. The van der Waals surface area contributed by atoms with Gasteiger partial charge in [-0.05, 0) is 34.8 Å². The zero-order valence-corrected chi connectivity index (χ0v) is 9.75. The molecule has 14 heavy (non-hydrogen) atoms. The van der Waals surface area contributed by atoms with Gasteiger partial charge in [0, 0.05) is 17.5 Å². The molecule has 3 nitrogen and oxygen atoms in total. The molecule has 1 aliphatic rings. The summed E-state index contributed by atoms with van der Waals surface area (Å²) in [5.74, 6) is 0.708. The Morgan fingerprint density at radius 1 is 1.50 bits per heavy atom. The minimum Gasteiger partial charge on any atom is -0.213 e. The van der Waals surface area contributed by atoms with E-state index in [9.17, 15) is 0 Å². The van der Waals surface area contributed by atoms with Crippen LogP contribution in [0.4, 0.5) is 0 Å². The fraction of sp³-hybridized carbons (Fsp3) is 0.333. The molecule has 0 bridgehead atoms. The number of rotatable bonds is 2. The summed E-state index contributed by atoms with van der Waals surface area (Å²) < 4.78 is 2.73. The normalized spacial score (nSPS) is 16.1. The van der Waals surface area contributed by atoms with Crippen LogP contribution in [0.5, 0.6) is 0 Å². The molecular weight excluding hydrogens is 262 g/mol. The Morgan fingerprint density at radius 3 is 3.00 bits per heavy atom. The van der Waals surface area contributed by atoms with Crippen molar-refractivity contribution in [3.05, 3.63) is 27.9 Å². The van der Waals surface area contributed by atoms with Crippen LogP contribution in [0.15, 0.2) is 22.2 Å². The maximum Gasteiger partial charge on any atom is 0.211 e. The fourth-order valence-corrected chi connectivity index (χ4v) is 2.57. The maximum atomic E-state index is 4.50. The van der Waals surface area contributed by atoms with Gasteiger partial charge in [-0.1, -0.05) is 0 Å². The summed E-state index contributed by atoms with van der Waals surface area (Å²) in [5, 5.41) is 7.39. The van der Waals surface area contributed by atoms with E-state index in [0.717, 1.165) is 9.73 Å². The van der Waals surface area contributed by atoms with Crippen LogP contribution in [0, 0.1) is 0 Å². The average molecular weight is 270 g/mol. The first-order valence-electron chi connectivity index (χ1n) is 4.50. The van der Waals surface area contributed by atoms with E-state index in [0.29, 0.717) is 5.92 Å². The highest BCUT2D eigenvalue weighted by atomic mass is 79.9. The SMILES string of the molecule is Brc1csc(-n2ccc(C3CC3)n2)n1. The Kier molecular flexibility index (Phi) is 1.95. The van der Waals surface area contributed by atoms with Gasteiger partial charge >= 0.3 is 0 Å². The Hall–Kier alpha value is -0.680. The van der Waals surface area contributed by atoms with Crippen molar-refractivity contribution in [3.8, 4) is 5.13 Å². The second-order valence-electron chi connectivity index (χ2n) is 3.41. The number of nitrogens with zero attached hydrogens (tertiary/aromatic N) is 3. The minimum absolute atomic E-state index is 0.708. The zero-order valence-electron chi connectivity index (χ0n) is 7.35. The molecule has 5 heteroatoms. The third kappa shape index (κ3) is 1.50. The fourth-order valence-electron chi connectivity index (χ4n) is 1.39. The van der Waals surface area contributed by atoms with Crippen molar-refractivity contribution in [3.63, 3.8) is 0 Å². The number of hydrogen-bond acceptors (Lipinski definition) is 3. The minimum atomic E-state index is 0.708. The van der Waals surface area contributed by atoms with Crippen LogP contribution < -0.4 is 0 Å². The first-order chi connectivity index (χ1) is 6.83. The van der Waals surface area contributed by atoms with Crippen molar-refractivity contribution in [1.29, 1.82) is 0 Å². The van der Waals surface area contributed by atoms with Gasteiger partial charge < -0.3 is 0 Å². The summed E-state index contributed by atoms with van der Waals surface area (Å²) in [6.07, 6.45) is 4.57. The lowest BCUT2D eigenvalue weighted by molar-refractivity contribution is 0.828. The molecule has 0 aromatic carbocycles. The molecule has 0 unspecified atom stereocenters. The Labute approximate surface area is 93.9 Å². The third-order valence-corrected chi connectivity index (χ3v) is 3.80. The molecule has 0 atom stereocenters. The molecule has 0 amide bonds. The molecule has 0 saturated heterocycles. The third-order valence-electron chi connectivity index (χ3n) is 2.27. The van der Waals surface area contributed by atoms with Crippen molar-refractivity contribution < 1.29 is 0 Å². The van der Waals surface area contributed by atoms with E-state index in [4.69, 9.17) is 0 Å². The lowest BCUT2D eigenvalue weighted by atomic mass is 10.3. The highest BCUT2D eigenvalue weighted by molar-refractivity contribution is 9.10. The second kappa shape index (κ2) is 3.17. The van der Waals surface area contributed by atoms with Gasteiger partial charge in [0.05, 0.1) is 5.69 Å². The van der Waals surface area contributed by atoms with Gasteiger partial charge in [0.25, 0.3) is 0 Å². The van der Waals surface area contributed by atoms with E-state index in [-0.39, 0.29) is 0 Å². The molecule has 0 radical (unpaired) electrons. The monoisotopic (exact) mass is 269 g/mol. The number of aromatic nitrogens is 3. The molecule has 0 spiro atoms. The molecular formula is C9H8BrN3S. The Bertz CT molecular complexity index is 458. The van der Waals surface area contributed by atoms with Crippen LogP contribution in [0.2, 0.25) is 0 Å². The molecule has 3 rings (SSSR count). The Balaban J connectivity index is 1.95. The first kappa shape index (κ1) is 8.61. The summed E-state index contributed by atoms with van der Waals surface area (Å²) in [4.78, 5) is 4.31. The zero-order chi connectivity index (χ0) is 9.54. The summed E-state index contributed by atoms with van der Waals surface area (Å²) in [7, 11) is 0. The van der Waals surface area contributed by atoms with Crippen molar-refractivity contribution in [2.24, 2.45) is 0 Å². The topological polar surface area (TPSA) is 30.7 Å². The van der Waals surface area contributed by atoms with Crippen molar-refractivity contribution in [2.75, 3.05) is 0 Å². The summed E-state index contributed by atoms with van der Waals surface area (Å²) in [6, 6.07) is 2.09. The van der Waals surface area contributed by atoms with Crippen molar-refractivity contribution in [2.45, 2.75) is 18.8 Å². The molecule has 2 aromatic rings. The van der Waals surface area contributed by atoms with Gasteiger partial charge in [0.15, 0.2) is 0 Å². The predicted octanol–water partition coefficient (Wildman–Crippen LogP) is 2.97. The van der Waals surface area contributed by atoms with Gasteiger partial charge in [-0.15, -0.1) is 11.3 Å². The molecule has 0 N–H and O–H groups in total. The predicted molar refractivity (Wildman–Crippen MR) is 58.9 cm³/mol. The first-order valence-corrected chi connectivity index (χ1v) is 6.17. The van der Waals surface area contributed by atoms with Gasteiger partial charge in [0.2, 0.25) is 5.13 Å².